The minimum absolute atomic E-state index is 0.271. The van der Waals surface area contributed by atoms with E-state index in [2.05, 4.69) is 6.92 Å². The fourth-order valence-electron chi connectivity index (χ4n) is 4.22. The molecule has 31 heavy (non-hydrogen) atoms. The molecule has 0 atom stereocenters. The molecule has 4 rings (SSSR count). The number of hydrogen-bond donors (Lipinski definition) is 0. The number of imidazole rings is 1. The van der Waals surface area contributed by atoms with Gasteiger partial charge in [0.15, 0.2) is 11.2 Å². The quantitative estimate of drug-likeness (QED) is 0.539. The summed E-state index contributed by atoms with van der Waals surface area (Å²) < 4.78 is 15.7. The van der Waals surface area contributed by atoms with Crippen molar-refractivity contribution in [2.45, 2.75) is 45.7 Å². The number of anilines is 2. The Morgan fingerprint density at radius 1 is 1.10 bits per heavy atom. The summed E-state index contributed by atoms with van der Waals surface area (Å²) >= 11 is 0. The summed E-state index contributed by atoms with van der Waals surface area (Å²) in [5.74, 6) is 2.02. The second kappa shape index (κ2) is 8.49. The maximum Gasteiger partial charge on any atom is 0.332 e. The van der Waals surface area contributed by atoms with E-state index < -0.39 is 0 Å². The Morgan fingerprint density at radius 3 is 2.61 bits per heavy atom. The van der Waals surface area contributed by atoms with Crippen LogP contribution in [0.4, 0.5) is 11.6 Å². The molecule has 0 N–H and O–H groups in total. The van der Waals surface area contributed by atoms with Crippen molar-refractivity contribution in [3.63, 3.8) is 0 Å². The molecule has 1 aromatic carbocycles. The van der Waals surface area contributed by atoms with E-state index in [1.54, 1.807) is 21.3 Å². The van der Waals surface area contributed by atoms with Gasteiger partial charge in [-0.15, -0.1) is 0 Å². The third-order valence-electron chi connectivity index (χ3n) is 5.88. The SMILES string of the molecule is CCCCCn1c(=O)c2c(nc3n2CCCN3c2cc(OC)ccc2OC)n(C)c1=O. The maximum atomic E-state index is 13.3. The van der Waals surface area contributed by atoms with E-state index in [-0.39, 0.29) is 11.2 Å². The van der Waals surface area contributed by atoms with Gasteiger partial charge >= 0.3 is 5.69 Å². The lowest BCUT2D eigenvalue weighted by Gasteiger charge is -2.30. The number of fused-ring (bicyclic) bond motifs is 3. The van der Waals surface area contributed by atoms with Crippen LogP contribution in [0, 0.1) is 0 Å². The van der Waals surface area contributed by atoms with E-state index in [1.165, 1.54) is 9.13 Å². The molecule has 1 aliphatic rings. The summed E-state index contributed by atoms with van der Waals surface area (Å²) in [4.78, 5) is 33.0. The highest BCUT2D eigenvalue weighted by Crippen LogP contribution is 2.38. The maximum absolute atomic E-state index is 13.3. The van der Waals surface area contributed by atoms with Gasteiger partial charge in [-0.2, -0.15) is 4.98 Å². The Hall–Kier alpha value is -3.23. The van der Waals surface area contributed by atoms with E-state index in [4.69, 9.17) is 14.5 Å². The minimum Gasteiger partial charge on any atom is -0.497 e. The van der Waals surface area contributed by atoms with Crippen molar-refractivity contribution >= 4 is 22.8 Å². The molecule has 1 aliphatic heterocycles. The fraction of sp³-hybridized carbons (Fsp3) is 0.500. The van der Waals surface area contributed by atoms with Gasteiger partial charge in [0.05, 0.1) is 19.9 Å². The molecular formula is C22H29N5O4. The van der Waals surface area contributed by atoms with Crippen LogP contribution in [0.25, 0.3) is 11.2 Å². The van der Waals surface area contributed by atoms with E-state index in [1.807, 2.05) is 27.7 Å². The van der Waals surface area contributed by atoms with Crippen molar-refractivity contribution in [2.24, 2.45) is 7.05 Å². The summed E-state index contributed by atoms with van der Waals surface area (Å²) in [5, 5.41) is 0. The van der Waals surface area contributed by atoms with Crippen molar-refractivity contribution in [3.05, 3.63) is 39.0 Å². The Labute approximate surface area is 180 Å². The number of rotatable bonds is 7. The van der Waals surface area contributed by atoms with Crippen molar-refractivity contribution in [1.29, 1.82) is 0 Å². The van der Waals surface area contributed by atoms with Gasteiger partial charge in [0, 0.05) is 32.7 Å². The van der Waals surface area contributed by atoms with E-state index in [0.29, 0.717) is 48.2 Å². The normalized spacial score (nSPS) is 13.5. The smallest absolute Gasteiger partial charge is 0.332 e. The zero-order valence-corrected chi connectivity index (χ0v) is 18.6. The van der Waals surface area contributed by atoms with Gasteiger partial charge in [0.1, 0.15) is 11.5 Å². The van der Waals surface area contributed by atoms with Crippen LogP contribution in [0.3, 0.4) is 0 Å². The number of hydrogen-bond acceptors (Lipinski definition) is 6. The van der Waals surface area contributed by atoms with Gasteiger partial charge in [0.2, 0.25) is 5.95 Å². The van der Waals surface area contributed by atoms with E-state index in [0.717, 1.165) is 31.4 Å². The van der Waals surface area contributed by atoms with E-state index >= 15 is 0 Å². The summed E-state index contributed by atoms with van der Waals surface area (Å²) in [6, 6.07) is 5.59. The van der Waals surface area contributed by atoms with Gasteiger partial charge in [-0.1, -0.05) is 19.8 Å². The molecule has 9 nitrogen and oxygen atoms in total. The summed E-state index contributed by atoms with van der Waals surface area (Å²) in [7, 11) is 4.92. The van der Waals surface area contributed by atoms with Crippen LogP contribution in [0.15, 0.2) is 27.8 Å². The van der Waals surface area contributed by atoms with Gasteiger partial charge in [-0.05, 0) is 25.0 Å². The van der Waals surface area contributed by atoms with Gasteiger partial charge in [-0.3, -0.25) is 13.9 Å². The van der Waals surface area contributed by atoms with Gasteiger partial charge in [0.25, 0.3) is 5.56 Å². The first-order chi connectivity index (χ1) is 15.0. The molecule has 0 aliphatic carbocycles. The molecule has 166 valence electrons. The molecule has 2 aromatic heterocycles. The van der Waals surface area contributed by atoms with Crippen LogP contribution in [0.5, 0.6) is 11.5 Å². The lowest BCUT2D eigenvalue weighted by atomic mass is 10.2. The van der Waals surface area contributed by atoms with Crippen LogP contribution >= 0.6 is 0 Å². The number of benzene rings is 1. The van der Waals surface area contributed by atoms with Crippen molar-refractivity contribution in [1.82, 2.24) is 18.7 Å². The highest BCUT2D eigenvalue weighted by Gasteiger charge is 2.28. The topological polar surface area (TPSA) is 83.5 Å². The third-order valence-corrected chi connectivity index (χ3v) is 5.88. The predicted molar refractivity (Wildman–Crippen MR) is 120 cm³/mol. The molecule has 0 spiro atoms. The van der Waals surface area contributed by atoms with Crippen LogP contribution in [-0.4, -0.2) is 39.4 Å². The lowest BCUT2D eigenvalue weighted by Crippen LogP contribution is -2.40. The lowest BCUT2D eigenvalue weighted by molar-refractivity contribution is 0.403. The Bertz CT molecular complexity index is 1220. The number of nitrogens with zero attached hydrogens (tertiary/aromatic N) is 5. The number of aromatic nitrogens is 4. The highest BCUT2D eigenvalue weighted by molar-refractivity contribution is 5.78. The monoisotopic (exact) mass is 427 g/mol. The average Bonchev–Trinajstić information content (AvgIpc) is 3.19. The van der Waals surface area contributed by atoms with Crippen molar-refractivity contribution < 1.29 is 9.47 Å². The Morgan fingerprint density at radius 2 is 1.90 bits per heavy atom. The summed E-state index contributed by atoms with van der Waals surface area (Å²) in [6.45, 7) is 3.89. The first-order valence-corrected chi connectivity index (χ1v) is 10.7. The second-order valence-corrected chi connectivity index (χ2v) is 7.78. The zero-order chi connectivity index (χ0) is 22.1. The molecule has 3 aromatic rings. The number of unbranched alkanes of at least 4 members (excludes halogenated alkanes) is 2. The standard InChI is InChI=1S/C22H29N5O4/c1-5-6-7-11-27-20(28)18-19(24(2)22(27)29)23-21-25(12-8-13-26(18)21)16-14-15(30-3)9-10-17(16)31-4/h9-10,14H,5-8,11-13H2,1-4H3. The highest BCUT2D eigenvalue weighted by atomic mass is 16.5. The molecule has 0 saturated carbocycles. The first-order valence-electron chi connectivity index (χ1n) is 10.7. The largest absolute Gasteiger partial charge is 0.497 e. The molecule has 0 saturated heterocycles. The number of ether oxygens (including phenoxy) is 2. The first kappa shape index (κ1) is 21.0. The van der Waals surface area contributed by atoms with Crippen LogP contribution in [0.1, 0.15) is 32.6 Å². The second-order valence-electron chi connectivity index (χ2n) is 7.78. The molecular weight excluding hydrogens is 398 g/mol. The van der Waals surface area contributed by atoms with E-state index in [9.17, 15) is 9.59 Å². The Kier molecular flexibility index (Phi) is 5.75. The zero-order valence-electron chi connectivity index (χ0n) is 18.6. The Balaban J connectivity index is 1.91. The van der Waals surface area contributed by atoms with Crippen LogP contribution < -0.4 is 25.6 Å². The molecule has 3 heterocycles. The number of aryl methyl sites for hydroxylation is 2. The van der Waals surface area contributed by atoms with Gasteiger partial charge < -0.3 is 18.9 Å². The molecule has 0 unspecified atom stereocenters. The predicted octanol–water partition coefficient (Wildman–Crippen LogP) is 2.65. The summed E-state index contributed by atoms with van der Waals surface area (Å²) in [6.07, 6.45) is 3.63. The molecule has 0 bridgehead atoms. The molecule has 0 amide bonds. The minimum atomic E-state index is -0.324. The fourth-order valence-corrected chi connectivity index (χ4v) is 4.22. The van der Waals surface area contributed by atoms with Crippen LogP contribution in [-0.2, 0) is 20.1 Å². The molecule has 0 fully saturated rings. The van der Waals surface area contributed by atoms with Crippen molar-refractivity contribution in [2.75, 3.05) is 25.7 Å². The average molecular weight is 428 g/mol. The van der Waals surface area contributed by atoms with Crippen molar-refractivity contribution in [3.8, 4) is 11.5 Å². The summed E-state index contributed by atoms with van der Waals surface area (Å²) in [5.41, 5.74) is 1.10. The molecule has 0 radical (unpaired) electrons. The third kappa shape index (κ3) is 3.47. The molecule has 9 heteroatoms. The number of methoxy groups -OCH3 is 2. The van der Waals surface area contributed by atoms with Crippen LogP contribution in [0.2, 0.25) is 0 Å². The van der Waals surface area contributed by atoms with Gasteiger partial charge in [-0.25, -0.2) is 4.79 Å².